The van der Waals surface area contributed by atoms with Gasteiger partial charge in [0.15, 0.2) is 0 Å². The molecule has 20 heavy (non-hydrogen) atoms. The van der Waals surface area contributed by atoms with Crippen LogP contribution in [0.25, 0.3) is 0 Å². The van der Waals surface area contributed by atoms with Crippen molar-refractivity contribution in [3.8, 4) is 0 Å². The van der Waals surface area contributed by atoms with Crippen LogP contribution in [0, 0.1) is 5.92 Å². The molecule has 0 aromatic heterocycles. The summed E-state index contributed by atoms with van der Waals surface area (Å²) in [7, 11) is -4.16. The molecule has 0 spiro atoms. The van der Waals surface area contributed by atoms with Crippen LogP contribution in [-0.4, -0.2) is 66.9 Å². The van der Waals surface area contributed by atoms with E-state index in [0.29, 0.717) is 6.42 Å². The number of carbonyl (C=O) groups is 2. The predicted octanol–water partition coefficient (Wildman–Crippen LogP) is -0.353. The molecule has 0 aliphatic carbocycles. The summed E-state index contributed by atoms with van der Waals surface area (Å²) in [6, 6.07) is 0. The van der Waals surface area contributed by atoms with E-state index in [1.54, 1.807) is 13.8 Å². The Morgan fingerprint density at radius 1 is 1.30 bits per heavy atom. The summed E-state index contributed by atoms with van der Waals surface area (Å²) in [6.07, 6.45) is 3.11. The Hall–Kier alpha value is -0.644. The fourth-order valence-electron chi connectivity index (χ4n) is 1.08. The van der Waals surface area contributed by atoms with Crippen molar-refractivity contribution in [2.45, 2.75) is 20.3 Å². The van der Waals surface area contributed by atoms with E-state index >= 15 is 0 Å². The fourth-order valence-corrected chi connectivity index (χ4v) is 1.38. The average molecular weight is 321 g/mol. The van der Waals surface area contributed by atoms with Gasteiger partial charge in [0, 0.05) is 6.08 Å². The van der Waals surface area contributed by atoms with Crippen molar-refractivity contribution in [2.24, 2.45) is 5.92 Å². The van der Waals surface area contributed by atoms with E-state index in [0.717, 1.165) is 0 Å². The summed E-state index contributed by atoms with van der Waals surface area (Å²) in [5.74, 6) is -2.55. The lowest BCUT2D eigenvalue weighted by Gasteiger charge is -2.13. The van der Waals surface area contributed by atoms with Crippen LogP contribution in [-0.2, 0) is 29.2 Å². The van der Waals surface area contributed by atoms with Gasteiger partial charge in [-0.15, -0.1) is 0 Å². The van der Waals surface area contributed by atoms with E-state index in [-0.39, 0.29) is 29.7 Å². The van der Waals surface area contributed by atoms with Gasteiger partial charge in [-0.25, -0.2) is 4.79 Å². The third-order valence-corrected chi connectivity index (χ3v) is 2.82. The molecule has 1 atom stereocenters. The first kappa shape index (κ1) is 21.7. The third-order valence-electron chi connectivity index (χ3n) is 2.14. The molecule has 0 aromatic carbocycles. The first-order chi connectivity index (χ1) is 8.80. The van der Waals surface area contributed by atoms with Gasteiger partial charge in [-0.3, -0.25) is 9.35 Å². The quantitative estimate of drug-likeness (QED) is 0.282. The normalized spacial score (nSPS) is 12.6. The maximum atomic E-state index is 11.5. The van der Waals surface area contributed by atoms with Crippen molar-refractivity contribution in [3.63, 3.8) is 0 Å². The molecule has 1 N–H and O–H groups in total. The maximum Gasteiger partial charge on any atom is 0.330 e. The van der Waals surface area contributed by atoms with Gasteiger partial charge in [-0.05, 0) is 13.3 Å². The van der Waals surface area contributed by atoms with E-state index in [2.05, 4.69) is 4.74 Å². The first-order valence-electron chi connectivity index (χ1n) is 5.71. The van der Waals surface area contributed by atoms with Crippen molar-refractivity contribution < 1.29 is 32.0 Å². The smallest absolute Gasteiger partial charge is 0.330 e. The Bertz CT molecular complexity index is 430. The number of hydrogen-bond donors (Lipinski definition) is 1. The molecule has 0 radical (unpaired) electrons. The van der Waals surface area contributed by atoms with Gasteiger partial charge in [0.2, 0.25) is 0 Å². The van der Waals surface area contributed by atoms with Crippen LogP contribution in [0.5, 0.6) is 0 Å². The summed E-state index contributed by atoms with van der Waals surface area (Å²) < 4.78 is 38.8. The molecule has 9 heteroatoms. The Labute approximate surface area is 134 Å². The highest BCUT2D eigenvalue weighted by atomic mass is 32.2. The minimum absolute atomic E-state index is 0. The van der Waals surface area contributed by atoms with Crippen LogP contribution in [0.1, 0.15) is 20.3 Å². The highest BCUT2D eigenvalue weighted by molar-refractivity contribution is 7.85. The van der Waals surface area contributed by atoms with Gasteiger partial charge in [0.25, 0.3) is 10.1 Å². The molecule has 0 aliphatic heterocycles. The molecule has 0 aliphatic rings. The molecule has 0 rings (SSSR count). The summed E-state index contributed by atoms with van der Waals surface area (Å²) in [5, 5.41) is 0. The van der Waals surface area contributed by atoms with Crippen LogP contribution in [0.15, 0.2) is 12.2 Å². The minimum Gasteiger partial charge on any atom is -0.464 e. The highest BCUT2D eigenvalue weighted by Gasteiger charge is 2.20. The first-order valence-corrected chi connectivity index (χ1v) is 7.32. The molecule has 0 aromatic rings. The molecule has 0 amide bonds. The topological polar surface area (TPSA) is 107 Å². The monoisotopic (exact) mass is 320 g/mol. The summed E-state index contributed by atoms with van der Waals surface area (Å²) in [6.45, 7) is 2.79. The van der Waals surface area contributed by atoms with E-state index in [4.69, 9.17) is 9.29 Å². The van der Waals surface area contributed by atoms with Gasteiger partial charge in [0.1, 0.15) is 19.0 Å². The minimum atomic E-state index is -4.16. The number of hydrogen-bond acceptors (Lipinski definition) is 6. The van der Waals surface area contributed by atoms with Crippen molar-refractivity contribution in [2.75, 3.05) is 19.0 Å². The third kappa shape index (κ3) is 11.2. The number of rotatable bonds is 8. The average Bonchev–Trinajstić information content (AvgIpc) is 2.28. The van der Waals surface area contributed by atoms with Gasteiger partial charge in [-0.1, -0.05) is 13.0 Å². The van der Waals surface area contributed by atoms with Crippen LogP contribution in [0.4, 0.5) is 0 Å². The van der Waals surface area contributed by atoms with Crippen molar-refractivity contribution in [3.05, 3.63) is 12.2 Å². The van der Waals surface area contributed by atoms with E-state index < -0.39 is 40.3 Å². The van der Waals surface area contributed by atoms with Crippen molar-refractivity contribution in [1.82, 2.24) is 0 Å². The molecular weight excluding hydrogens is 300 g/mol. The second-order valence-electron chi connectivity index (χ2n) is 3.69. The predicted molar refractivity (Wildman–Crippen MR) is 75.5 cm³/mol. The molecular formula is C11H20MgO7S. The maximum absolute atomic E-state index is 11.5. The number of ether oxygens (including phenoxy) is 2. The Morgan fingerprint density at radius 2 is 1.90 bits per heavy atom. The molecule has 0 saturated heterocycles. The second-order valence-corrected chi connectivity index (χ2v) is 5.26. The standard InChI is InChI=1S/C11H18O7S.Mg.2H/c1-3-5-10(12)18-8-9(4-2)11(13)17-6-7-19(14,15)16;;;/h3,5,9H,4,6-8H2,1-2H3,(H,14,15,16);;;. The number of carbonyl (C=O) groups excluding carboxylic acids is 2. The fraction of sp³-hybridized carbons (Fsp3) is 0.636. The molecule has 7 nitrogen and oxygen atoms in total. The van der Waals surface area contributed by atoms with Gasteiger partial charge in [-0.2, -0.15) is 8.42 Å². The zero-order valence-corrected chi connectivity index (χ0v) is 11.7. The lowest BCUT2D eigenvalue weighted by molar-refractivity contribution is -0.152. The van der Waals surface area contributed by atoms with Crippen LogP contribution < -0.4 is 0 Å². The lowest BCUT2D eigenvalue weighted by atomic mass is 10.1. The van der Waals surface area contributed by atoms with Gasteiger partial charge >= 0.3 is 35.0 Å². The zero-order chi connectivity index (χ0) is 14.9. The van der Waals surface area contributed by atoms with Crippen LogP contribution >= 0.6 is 0 Å². The van der Waals surface area contributed by atoms with Gasteiger partial charge < -0.3 is 9.47 Å². The lowest BCUT2D eigenvalue weighted by Crippen LogP contribution is -2.25. The summed E-state index contributed by atoms with van der Waals surface area (Å²) in [4.78, 5) is 22.6. The molecule has 114 valence electrons. The molecule has 0 bridgehead atoms. The van der Waals surface area contributed by atoms with E-state index in [1.165, 1.54) is 12.2 Å². The number of esters is 2. The SMILES string of the molecule is CC=CC(=O)OCC(CC)C(=O)OCCS(=O)(=O)O.[MgH2]. The molecule has 0 fully saturated rings. The van der Waals surface area contributed by atoms with Crippen LogP contribution in [0.2, 0.25) is 0 Å². The zero-order valence-electron chi connectivity index (χ0n) is 10.9. The van der Waals surface area contributed by atoms with Crippen molar-refractivity contribution in [1.29, 1.82) is 0 Å². The largest absolute Gasteiger partial charge is 0.464 e. The number of allylic oxidation sites excluding steroid dienone is 1. The van der Waals surface area contributed by atoms with E-state index in [1.807, 2.05) is 0 Å². The van der Waals surface area contributed by atoms with E-state index in [9.17, 15) is 18.0 Å². The Morgan fingerprint density at radius 3 is 2.35 bits per heavy atom. The van der Waals surface area contributed by atoms with Gasteiger partial charge in [0.05, 0.1) is 5.92 Å². The highest BCUT2D eigenvalue weighted by Crippen LogP contribution is 2.06. The van der Waals surface area contributed by atoms with Crippen LogP contribution in [0.3, 0.4) is 0 Å². The molecule has 0 saturated carbocycles. The Kier molecular flexibility index (Phi) is 12.0. The van der Waals surface area contributed by atoms with Crippen molar-refractivity contribution >= 4 is 45.1 Å². The second kappa shape index (κ2) is 11.1. The molecule has 1 unspecified atom stereocenters. The summed E-state index contributed by atoms with van der Waals surface area (Å²) >= 11 is 0. The summed E-state index contributed by atoms with van der Waals surface area (Å²) in [5.41, 5.74) is 0. The Balaban J connectivity index is 0. The molecule has 0 heterocycles.